The molecule has 104 valence electrons. The average molecular weight is 326 g/mol. The van der Waals surface area contributed by atoms with Gasteiger partial charge < -0.3 is 9.47 Å². The van der Waals surface area contributed by atoms with Crippen molar-refractivity contribution in [2.24, 2.45) is 0 Å². The molecule has 1 aliphatic heterocycles. The van der Waals surface area contributed by atoms with Crippen LogP contribution in [0.15, 0.2) is 24.3 Å². The second-order valence-electron chi connectivity index (χ2n) is 4.23. The number of rotatable bonds is 0. The topological polar surface area (TPSA) is 78.2 Å². The van der Waals surface area contributed by atoms with E-state index in [1.807, 2.05) is 6.07 Å². The van der Waals surface area contributed by atoms with E-state index in [-0.39, 0.29) is 29.6 Å². The molecule has 1 aliphatic carbocycles. The molecule has 2 aliphatic rings. The van der Waals surface area contributed by atoms with E-state index >= 15 is 0 Å². The van der Waals surface area contributed by atoms with E-state index in [0.717, 1.165) is 6.42 Å². The van der Waals surface area contributed by atoms with Crippen LogP contribution in [-0.2, 0) is 53.0 Å². The summed E-state index contributed by atoms with van der Waals surface area (Å²) in [7, 11) is 0. The molecule has 0 aromatic heterocycles. The molecule has 0 N–H and O–H groups in total. The third kappa shape index (κ3) is 4.43. The summed E-state index contributed by atoms with van der Waals surface area (Å²) in [5.74, 6) is -0.407. The molecule has 0 amide bonds. The van der Waals surface area contributed by atoms with Crippen molar-refractivity contribution in [3.63, 3.8) is 0 Å². The molecule has 2 atom stereocenters. The van der Waals surface area contributed by atoms with Crippen molar-refractivity contribution in [1.29, 1.82) is 0 Å². The van der Waals surface area contributed by atoms with Gasteiger partial charge in [-0.3, -0.25) is 0 Å². The largest absolute Gasteiger partial charge is 6.00 e. The Morgan fingerprint density at radius 2 is 1.38 bits per heavy atom. The quantitative estimate of drug-likeness (QED) is 0.541. The maximum atomic E-state index is 7.50. The second kappa shape index (κ2) is 10.6. The third-order valence-corrected chi connectivity index (χ3v) is 3.26. The smallest absolute Gasteiger partial charge is 6.00 e. The molecule has 1 fully saturated rings. The van der Waals surface area contributed by atoms with Crippen LogP contribution in [0.1, 0.15) is 25.0 Å². The third-order valence-electron chi connectivity index (χ3n) is 3.26. The van der Waals surface area contributed by atoms with Crippen LogP contribution in [0.5, 0.6) is 0 Å². The Labute approximate surface area is 134 Å². The van der Waals surface area contributed by atoms with E-state index in [9.17, 15) is 0 Å². The summed E-state index contributed by atoms with van der Waals surface area (Å²) in [5, 5.41) is 0. The van der Waals surface area contributed by atoms with Gasteiger partial charge in [0.15, 0.2) is 5.79 Å². The van der Waals surface area contributed by atoms with Crippen LogP contribution in [0.3, 0.4) is 0 Å². The second-order valence-corrected chi connectivity index (χ2v) is 4.23. The number of ether oxygens (including phenoxy) is 2. The molecule has 21 heavy (non-hydrogen) atoms. The molecule has 0 bridgehead atoms. The Balaban J connectivity index is 0. The fourth-order valence-corrected chi connectivity index (χ4v) is 2.32. The maximum Gasteiger partial charge on any atom is 6.00 e. The Morgan fingerprint density at radius 3 is 1.81 bits per heavy atom. The SMILES string of the molecule is CC1OC2(Cc3ccccc32)OC1C.[C-]#[O+].[C-]#[O+].[C-]#[O+].[Cr+6]. The first-order valence-corrected chi connectivity index (χ1v) is 5.76. The predicted octanol–water partition coefficient (Wildman–Crippen LogP) is 2.10. The summed E-state index contributed by atoms with van der Waals surface area (Å²) < 4.78 is 34.3. The van der Waals surface area contributed by atoms with E-state index in [0.29, 0.717) is 0 Å². The van der Waals surface area contributed by atoms with E-state index in [1.54, 1.807) is 0 Å². The molecule has 6 heteroatoms. The summed E-state index contributed by atoms with van der Waals surface area (Å²) in [6, 6.07) is 8.35. The van der Waals surface area contributed by atoms with Gasteiger partial charge in [0.2, 0.25) is 0 Å². The number of hydrogen-bond acceptors (Lipinski definition) is 2. The summed E-state index contributed by atoms with van der Waals surface area (Å²) in [5.41, 5.74) is 2.57. The van der Waals surface area contributed by atoms with Gasteiger partial charge in [0.25, 0.3) is 0 Å². The Kier molecular flexibility index (Phi) is 11.2. The first-order valence-electron chi connectivity index (χ1n) is 5.76. The van der Waals surface area contributed by atoms with Crippen molar-refractivity contribution >= 4 is 0 Å². The summed E-state index contributed by atoms with van der Waals surface area (Å²) >= 11 is 0. The Bertz CT molecular complexity index is 470. The summed E-state index contributed by atoms with van der Waals surface area (Å²) in [6.07, 6.45) is 1.30. The molecule has 1 spiro atoms. The van der Waals surface area contributed by atoms with Gasteiger partial charge in [-0.1, -0.05) is 24.3 Å². The Morgan fingerprint density at radius 1 is 0.952 bits per heavy atom. The number of fused-ring (bicyclic) bond motifs is 2. The fraction of sp³-hybridized carbons (Fsp3) is 0.400. The zero-order valence-corrected chi connectivity index (χ0v) is 12.9. The van der Waals surface area contributed by atoms with Crippen molar-refractivity contribution in [3.8, 4) is 0 Å². The van der Waals surface area contributed by atoms with E-state index in [2.05, 4.69) is 52.0 Å². The van der Waals surface area contributed by atoms with Gasteiger partial charge in [-0.15, -0.1) is 0 Å². The monoisotopic (exact) mass is 326 g/mol. The normalized spacial score (nSPS) is 26.7. The molecular formula is C15H14CrO5+6. The van der Waals surface area contributed by atoms with Gasteiger partial charge in [0.1, 0.15) is 0 Å². The molecule has 1 aromatic carbocycles. The van der Waals surface area contributed by atoms with Crippen molar-refractivity contribution in [2.45, 2.75) is 38.3 Å². The minimum absolute atomic E-state index is 0. The van der Waals surface area contributed by atoms with Crippen LogP contribution in [-0.4, -0.2) is 12.2 Å². The average Bonchev–Trinajstić information content (AvgIpc) is 2.82. The van der Waals surface area contributed by atoms with E-state index in [4.69, 9.17) is 23.4 Å². The molecule has 1 heterocycles. The summed E-state index contributed by atoms with van der Waals surface area (Å²) in [4.78, 5) is 0. The van der Waals surface area contributed by atoms with Crippen molar-refractivity contribution in [2.75, 3.05) is 0 Å². The molecule has 2 unspecified atom stereocenters. The standard InChI is InChI=1S/C12H14O2.3CO.Cr/c1-8-9(2)14-12(13-8)7-10-5-3-4-6-11(10)12;3*1-2;/h3-6,8-9H,7H2,1-2H3;;;;/q;;;;+6. The molecule has 1 saturated heterocycles. The van der Waals surface area contributed by atoms with Crippen LogP contribution in [0.4, 0.5) is 0 Å². The van der Waals surface area contributed by atoms with Gasteiger partial charge in [0.05, 0.1) is 12.2 Å². The fourth-order valence-electron chi connectivity index (χ4n) is 2.32. The molecular weight excluding hydrogens is 312 g/mol. The van der Waals surface area contributed by atoms with Crippen molar-refractivity contribution < 1.29 is 40.8 Å². The zero-order valence-electron chi connectivity index (χ0n) is 11.6. The van der Waals surface area contributed by atoms with Gasteiger partial charge in [-0.05, 0) is 19.4 Å². The molecule has 0 saturated carbocycles. The van der Waals surface area contributed by atoms with E-state index < -0.39 is 5.79 Å². The summed E-state index contributed by atoms with van der Waals surface area (Å²) in [6.45, 7) is 17.6. The number of benzene rings is 1. The Hall–Kier alpha value is -1.11. The number of hydrogen-bond donors (Lipinski definition) is 0. The van der Waals surface area contributed by atoms with Gasteiger partial charge >= 0.3 is 51.3 Å². The van der Waals surface area contributed by atoms with Crippen LogP contribution in [0.2, 0.25) is 0 Å². The zero-order chi connectivity index (χ0) is 15.8. The van der Waals surface area contributed by atoms with E-state index in [1.165, 1.54) is 11.1 Å². The van der Waals surface area contributed by atoms with Crippen LogP contribution < -0.4 is 0 Å². The van der Waals surface area contributed by atoms with Gasteiger partial charge in [0, 0.05) is 12.0 Å². The molecule has 0 radical (unpaired) electrons. The first-order chi connectivity index (χ1) is 9.71. The molecule has 3 rings (SSSR count). The van der Waals surface area contributed by atoms with Gasteiger partial charge in [-0.2, -0.15) is 0 Å². The van der Waals surface area contributed by atoms with Crippen LogP contribution >= 0.6 is 0 Å². The minimum Gasteiger partial charge on any atom is 6.00 e. The van der Waals surface area contributed by atoms with Gasteiger partial charge in [-0.25, -0.2) is 0 Å². The van der Waals surface area contributed by atoms with Crippen molar-refractivity contribution in [1.82, 2.24) is 0 Å². The van der Waals surface area contributed by atoms with Crippen LogP contribution in [0.25, 0.3) is 0 Å². The maximum absolute atomic E-state index is 7.50. The van der Waals surface area contributed by atoms with Crippen LogP contribution in [0, 0.1) is 20.0 Å². The molecule has 1 aromatic rings. The minimum atomic E-state index is -0.407. The van der Waals surface area contributed by atoms with Crippen molar-refractivity contribution in [3.05, 3.63) is 55.3 Å². The predicted molar refractivity (Wildman–Crippen MR) is 64.7 cm³/mol. The first kappa shape index (κ1) is 22.2. The molecule has 5 nitrogen and oxygen atoms in total.